The molecule has 24 heavy (non-hydrogen) atoms. The number of imidazole rings is 1. The number of nitrogens with one attached hydrogen (secondary N) is 1. The van der Waals surface area contributed by atoms with Crippen molar-refractivity contribution < 1.29 is 0 Å². The third kappa shape index (κ3) is 2.89. The summed E-state index contributed by atoms with van der Waals surface area (Å²) in [6.45, 7) is 2.08. The van der Waals surface area contributed by atoms with Crippen molar-refractivity contribution in [2.75, 3.05) is 5.32 Å². The largest absolute Gasteiger partial charge is 0.324 e. The molecule has 1 aromatic carbocycles. The molecule has 1 fully saturated rings. The molecule has 0 atom stereocenters. The van der Waals surface area contributed by atoms with E-state index in [2.05, 4.69) is 26.8 Å². The molecule has 5 heteroatoms. The van der Waals surface area contributed by atoms with Crippen LogP contribution in [0.1, 0.15) is 37.5 Å². The van der Waals surface area contributed by atoms with Crippen molar-refractivity contribution in [3.05, 3.63) is 54.6 Å². The van der Waals surface area contributed by atoms with Gasteiger partial charge in [0.15, 0.2) is 0 Å². The Morgan fingerprint density at radius 1 is 1.04 bits per heavy atom. The molecule has 3 aromatic rings. The molecule has 5 nitrogen and oxygen atoms in total. The second kappa shape index (κ2) is 6.43. The average molecular weight is 319 g/mol. The summed E-state index contributed by atoms with van der Waals surface area (Å²) in [7, 11) is 0. The second-order valence-electron chi connectivity index (χ2n) is 6.26. The highest BCUT2D eigenvalue weighted by Crippen LogP contribution is 2.34. The van der Waals surface area contributed by atoms with Gasteiger partial charge in [0.1, 0.15) is 5.82 Å². The number of aryl methyl sites for hydroxylation is 1. The number of para-hydroxylation sites is 1. The van der Waals surface area contributed by atoms with E-state index in [4.69, 9.17) is 4.98 Å². The zero-order chi connectivity index (χ0) is 16.4. The number of hydrogen-bond acceptors (Lipinski definition) is 4. The predicted molar refractivity (Wildman–Crippen MR) is 95.2 cm³/mol. The van der Waals surface area contributed by atoms with E-state index in [-0.39, 0.29) is 0 Å². The van der Waals surface area contributed by atoms with Crippen LogP contribution in [0, 0.1) is 6.92 Å². The Bertz CT molecular complexity index is 819. The molecule has 0 aliphatic heterocycles. The summed E-state index contributed by atoms with van der Waals surface area (Å²) in [6.07, 6.45) is 8.78. The fourth-order valence-electron chi connectivity index (χ4n) is 3.48. The number of rotatable bonds is 4. The Morgan fingerprint density at radius 2 is 1.83 bits per heavy atom. The Morgan fingerprint density at radius 3 is 2.62 bits per heavy atom. The van der Waals surface area contributed by atoms with Crippen LogP contribution in [0.15, 0.2) is 48.8 Å². The Hall–Kier alpha value is -2.69. The van der Waals surface area contributed by atoms with E-state index in [1.165, 1.54) is 25.7 Å². The van der Waals surface area contributed by atoms with E-state index in [0.717, 1.165) is 22.9 Å². The van der Waals surface area contributed by atoms with Crippen LogP contribution >= 0.6 is 0 Å². The van der Waals surface area contributed by atoms with E-state index in [0.29, 0.717) is 12.0 Å². The summed E-state index contributed by atoms with van der Waals surface area (Å²) in [5, 5.41) is 3.26. The summed E-state index contributed by atoms with van der Waals surface area (Å²) in [6, 6.07) is 12.5. The van der Waals surface area contributed by atoms with Gasteiger partial charge in [-0.15, -0.1) is 0 Å². The van der Waals surface area contributed by atoms with Gasteiger partial charge < -0.3 is 9.88 Å². The van der Waals surface area contributed by atoms with Crippen molar-refractivity contribution in [3.8, 4) is 11.4 Å². The topological polar surface area (TPSA) is 55.6 Å². The smallest absolute Gasteiger partial charge is 0.227 e. The minimum atomic E-state index is 0.544. The maximum absolute atomic E-state index is 4.70. The van der Waals surface area contributed by atoms with Crippen LogP contribution in [0.25, 0.3) is 11.4 Å². The Balaban J connectivity index is 1.67. The van der Waals surface area contributed by atoms with Gasteiger partial charge in [-0.2, -0.15) is 0 Å². The summed E-state index contributed by atoms with van der Waals surface area (Å²) in [5.74, 6) is 1.67. The molecule has 1 N–H and O–H groups in total. The first-order valence-corrected chi connectivity index (χ1v) is 8.50. The van der Waals surface area contributed by atoms with E-state index < -0.39 is 0 Å². The summed E-state index contributed by atoms with van der Waals surface area (Å²) in [4.78, 5) is 13.6. The van der Waals surface area contributed by atoms with Crippen LogP contribution in [-0.4, -0.2) is 19.5 Å². The van der Waals surface area contributed by atoms with Gasteiger partial charge >= 0.3 is 0 Å². The standard InChI is InChI=1S/C19H21N5/c1-14-21-13-18(24(14)16-9-5-6-10-16)17-11-12-20-19(23-17)22-15-7-3-2-4-8-15/h2-4,7-8,11-13,16H,5-6,9-10H2,1H3,(H,20,22,23). The van der Waals surface area contributed by atoms with Gasteiger partial charge in [-0.05, 0) is 38.0 Å². The molecule has 122 valence electrons. The van der Waals surface area contributed by atoms with Gasteiger partial charge in [-0.3, -0.25) is 0 Å². The maximum Gasteiger partial charge on any atom is 0.227 e. The van der Waals surface area contributed by atoms with E-state index in [9.17, 15) is 0 Å². The van der Waals surface area contributed by atoms with Crippen LogP contribution in [0.2, 0.25) is 0 Å². The van der Waals surface area contributed by atoms with Crippen molar-refractivity contribution in [1.29, 1.82) is 0 Å². The molecule has 0 spiro atoms. The first-order valence-electron chi connectivity index (χ1n) is 8.50. The number of hydrogen-bond donors (Lipinski definition) is 1. The molecule has 0 unspecified atom stereocenters. The van der Waals surface area contributed by atoms with Gasteiger partial charge in [-0.1, -0.05) is 31.0 Å². The van der Waals surface area contributed by atoms with E-state index in [1.54, 1.807) is 6.20 Å². The quantitative estimate of drug-likeness (QED) is 0.769. The zero-order valence-electron chi connectivity index (χ0n) is 13.8. The van der Waals surface area contributed by atoms with E-state index in [1.807, 2.05) is 42.6 Å². The molecule has 1 saturated carbocycles. The minimum Gasteiger partial charge on any atom is -0.324 e. The van der Waals surface area contributed by atoms with E-state index >= 15 is 0 Å². The maximum atomic E-state index is 4.70. The lowest BCUT2D eigenvalue weighted by atomic mass is 10.2. The summed E-state index contributed by atoms with van der Waals surface area (Å²) < 4.78 is 2.35. The molecule has 0 radical (unpaired) electrons. The van der Waals surface area contributed by atoms with Crippen LogP contribution < -0.4 is 5.32 Å². The number of benzene rings is 1. The van der Waals surface area contributed by atoms with Crippen LogP contribution in [0.5, 0.6) is 0 Å². The third-order valence-corrected chi connectivity index (χ3v) is 4.62. The number of nitrogens with zero attached hydrogens (tertiary/aromatic N) is 4. The van der Waals surface area contributed by atoms with Crippen LogP contribution in [-0.2, 0) is 0 Å². The number of aromatic nitrogens is 4. The first-order chi connectivity index (χ1) is 11.8. The minimum absolute atomic E-state index is 0.544. The average Bonchev–Trinajstić information content (AvgIpc) is 3.25. The normalized spacial score (nSPS) is 14.9. The van der Waals surface area contributed by atoms with Crippen LogP contribution in [0.3, 0.4) is 0 Å². The van der Waals surface area contributed by atoms with Gasteiger partial charge in [0, 0.05) is 17.9 Å². The van der Waals surface area contributed by atoms with Gasteiger partial charge in [-0.25, -0.2) is 15.0 Å². The van der Waals surface area contributed by atoms with Crippen molar-refractivity contribution in [1.82, 2.24) is 19.5 Å². The molecule has 0 amide bonds. The molecule has 4 rings (SSSR count). The van der Waals surface area contributed by atoms with Crippen molar-refractivity contribution >= 4 is 11.6 Å². The molecule has 0 bridgehead atoms. The summed E-state index contributed by atoms with van der Waals surface area (Å²) >= 11 is 0. The molecule has 2 heterocycles. The van der Waals surface area contributed by atoms with Crippen molar-refractivity contribution in [3.63, 3.8) is 0 Å². The summed E-state index contributed by atoms with van der Waals surface area (Å²) in [5.41, 5.74) is 2.98. The lowest BCUT2D eigenvalue weighted by Crippen LogP contribution is -2.09. The van der Waals surface area contributed by atoms with Crippen molar-refractivity contribution in [2.45, 2.75) is 38.6 Å². The molecule has 0 saturated heterocycles. The fourth-order valence-corrected chi connectivity index (χ4v) is 3.48. The lowest BCUT2D eigenvalue weighted by molar-refractivity contribution is 0.510. The SMILES string of the molecule is Cc1ncc(-c2ccnc(Nc3ccccc3)n2)n1C1CCCC1. The molecule has 2 aromatic heterocycles. The zero-order valence-corrected chi connectivity index (χ0v) is 13.8. The Kier molecular flexibility index (Phi) is 3.99. The second-order valence-corrected chi connectivity index (χ2v) is 6.26. The van der Waals surface area contributed by atoms with Gasteiger partial charge in [0.05, 0.1) is 17.6 Å². The van der Waals surface area contributed by atoms with Gasteiger partial charge in [0.25, 0.3) is 0 Å². The lowest BCUT2D eigenvalue weighted by Gasteiger charge is -2.17. The molecule has 1 aliphatic carbocycles. The monoisotopic (exact) mass is 319 g/mol. The van der Waals surface area contributed by atoms with Gasteiger partial charge in [0.2, 0.25) is 5.95 Å². The predicted octanol–water partition coefficient (Wildman–Crippen LogP) is 4.51. The molecule has 1 aliphatic rings. The molecular formula is C19H21N5. The first kappa shape index (κ1) is 14.9. The molecular weight excluding hydrogens is 298 g/mol. The highest BCUT2D eigenvalue weighted by Gasteiger charge is 2.22. The number of anilines is 2. The van der Waals surface area contributed by atoms with Crippen LogP contribution in [0.4, 0.5) is 11.6 Å². The van der Waals surface area contributed by atoms with Crippen molar-refractivity contribution in [2.24, 2.45) is 0 Å². The third-order valence-electron chi connectivity index (χ3n) is 4.62. The highest BCUT2D eigenvalue weighted by molar-refractivity contribution is 5.59. The fraction of sp³-hybridized carbons (Fsp3) is 0.316. The Labute approximate surface area is 141 Å². The highest BCUT2D eigenvalue weighted by atomic mass is 15.1.